The van der Waals surface area contributed by atoms with Crippen molar-refractivity contribution in [3.8, 4) is 0 Å². The van der Waals surface area contributed by atoms with E-state index >= 15 is 0 Å². The lowest BCUT2D eigenvalue weighted by atomic mass is 10.0. The van der Waals surface area contributed by atoms with E-state index in [9.17, 15) is 8.96 Å². The van der Waals surface area contributed by atoms with E-state index in [2.05, 4.69) is 32.7 Å². The minimum absolute atomic E-state index is 0.310. The Morgan fingerprint density at radius 2 is 1.77 bits per heavy atom. The molecule has 0 saturated heterocycles. The minimum Gasteiger partial charge on any atom is -0.338 e. The Balaban J connectivity index is 1.60. The number of aryl methyl sites for hydroxylation is 2. The summed E-state index contributed by atoms with van der Waals surface area (Å²) in [4.78, 5) is 8.77. The quantitative estimate of drug-likeness (QED) is 0.348. The van der Waals surface area contributed by atoms with Gasteiger partial charge in [-0.05, 0) is 80.5 Å². The summed E-state index contributed by atoms with van der Waals surface area (Å²) in [5.41, 5.74) is 4.21. The maximum absolute atomic E-state index is 13.7. The largest absolute Gasteiger partial charge is 0.338 e. The van der Waals surface area contributed by atoms with Gasteiger partial charge >= 0.3 is 0 Å². The van der Waals surface area contributed by atoms with E-state index in [0.717, 1.165) is 18.5 Å². The number of aromatic nitrogens is 2. The topological polar surface area (TPSA) is 66.9 Å². The molecule has 0 amide bonds. The molecular formula is C23H25ClFN4OP. The van der Waals surface area contributed by atoms with Gasteiger partial charge in [0.25, 0.3) is 0 Å². The van der Waals surface area contributed by atoms with Crippen LogP contribution in [0.25, 0.3) is 0 Å². The van der Waals surface area contributed by atoms with Crippen LogP contribution in [0.5, 0.6) is 0 Å². The summed E-state index contributed by atoms with van der Waals surface area (Å²) < 4.78 is 26.4. The Kier molecular flexibility index (Phi) is 6.31. The first-order chi connectivity index (χ1) is 14.8. The summed E-state index contributed by atoms with van der Waals surface area (Å²) in [6, 6.07) is 10.5. The Bertz CT molecular complexity index is 1160. The summed E-state index contributed by atoms with van der Waals surface area (Å²) in [5, 5.41) is 7.06. The van der Waals surface area contributed by atoms with Crippen LogP contribution in [0, 0.1) is 5.82 Å². The molecule has 3 aromatic rings. The normalized spacial score (nSPS) is 13.9. The van der Waals surface area contributed by atoms with Gasteiger partial charge in [-0.15, -0.1) is 0 Å². The van der Waals surface area contributed by atoms with Gasteiger partial charge < -0.3 is 15.2 Å². The van der Waals surface area contributed by atoms with Crippen molar-refractivity contribution in [3.63, 3.8) is 0 Å². The zero-order valence-electron chi connectivity index (χ0n) is 17.6. The zero-order valence-corrected chi connectivity index (χ0v) is 19.2. The molecule has 0 fully saturated rings. The number of anilines is 4. The molecular weight excluding hydrogens is 434 g/mol. The molecule has 1 heterocycles. The van der Waals surface area contributed by atoms with E-state index in [1.807, 2.05) is 6.07 Å². The molecule has 0 bridgehead atoms. The smallest absolute Gasteiger partial charge is 0.229 e. The van der Waals surface area contributed by atoms with Gasteiger partial charge in [0.1, 0.15) is 18.0 Å². The molecule has 0 spiro atoms. The lowest BCUT2D eigenvalue weighted by Gasteiger charge is -2.16. The van der Waals surface area contributed by atoms with E-state index in [1.165, 1.54) is 48.7 Å². The van der Waals surface area contributed by atoms with Gasteiger partial charge in [0.05, 0.1) is 11.9 Å². The molecule has 0 radical (unpaired) electrons. The fourth-order valence-corrected chi connectivity index (χ4v) is 5.10. The number of nitrogens with one attached hydrogen (secondary N) is 2. The number of hydrogen-bond acceptors (Lipinski definition) is 5. The predicted molar refractivity (Wildman–Crippen MR) is 127 cm³/mol. The third kappa shape index (κ3) is 5.25. The maximum Gasteiger partial charge on any atom is 0.229 e. The average Bonchev–Trinajstić information content (AvgIpc) is 2.96. The van der Waals surface area contributed by atoms with Gasteiger partial charge in [-0.25, -0.2) is 9.37 Å². The Morgan fingerprint density at radius 3 is 2.55 bits per heavy atom. The van der Waals surface area contributed by atoms with Gasteiger partial charge in [-0.3, -0.25) is 0 Å². The van der Waals surface area contributed by atoms with Crippen molar-refractivity contribution in [2.75, 3.05) is 24.0 Å². The first-order valence-electron chi connectivity index (χ1n) is 10.3. The Labute approximate surface area is 186 Å². The monoisotopic (exact) mass is 458 g/mol. The van der Waals surface area contributed by atoms with Crippen molar-refractivity contribution >= 4 is 47.2 Å². The third-order valence-electron chi connectivity index (χ3n) is 5.39. The third-order valence-corrected chi connectivity index (χ3v) is 7.20. The first-order valence-corrected chi connectivity index (χ1v) is 13.3. The van der Waals surface area contributed by atoms with Crippen molar-refractivity contribution in [1.29, 1.82) is 0 Å². The van der Waals surface area contributed by atoms with Gasteiger partial charge in [0.2, 0.25) is 5.95 Å². The number of halogens is 2. The van der Waals surface area contributed by atoms with Crippen LogP contribution < -0.4 is 15.9 Å². The highest BCUT2D eigenvalue weighted by Crippen LogP contribution is 2.39. The van der Waals surface area contributed by atoms with Crippen LogP contribution in [0.4, 0.5) is 27.5 Å². The fraction of sp³-hybridized carbons (Fsp3) is 0.304. The van der Waals surface area contributed by atoms with Crippen LogP contribution in [-0.4, -0.2) is 23.3 Å². The summed E-state index contributed by atoms with van der Waals surface area (Å²) >= 11 is 6.30. The molecule has 0 aliphatic heterocycles. The molecule has 162 valence electrons. The SMILES string of the molecule is CP(C)(=O)c1cc(F)ccc1Nc1nc(Nc2ccc3c(c2)CCCCC3)ncc1Cl. The molecule has 0 atom stereocenters. The molecule has 0 saturated carbocycles. The molecule has 2 aromatic carbocycles. The van der Waals surface area contributed by atoms with E-state index < -0.39 is 13.0 Å². The molecule has 31 heavy (non-hydrogen) atoms. The second-order valence-corrected chi connectivity index (χ2v) is 11.8. The van der Waals surface area contributed by atoms with Crippen LogP contribution in [0.2, 0.25) is 5.02 Å². The number of hydrogen-bond donors (Lipinski definition) is 2. The standard InChI is InChI=1S/C23H25ClFN4OP/c1-31(2,30)21-13-17(25)9-11-20(21)28-22-19(24)14-26-23(29-22)27-18-10-8-15-6-4-3-5-7-16(15)12-18/h8-14H,3-7H2,1-2H3,(H2,26,27,28,29). The number of rotatable bonds is 5. The van der Waals surface area contributed by atoms with Crippen LogP contribution in [0.15, 0.2) is 42.6 Å². The van der Waals surface area contributed by atoms with E-state index in [0.29, 0.717) is 27.8 Å². The summed E-state index contributed by atoms with van der Waals surface area (Å²) in [6.45, 7) is 3.19. The summed E-state index contributed by atoms with van der Waals surface area (Å²) in [5.74, 6) is 0.305. The number of nitrogens with zero attached hydrogens (tertiary/aromatic N) is 2. The van der Waals surface area contributed by atoms with E-state index in [1.54, 1.807) is 19.4 Å². The highest BCUT2D eigenvalue weighted by Gasteiger charge is 2.19. The molecule has 1 aromatic heterocycles. The number of fused-ring (bicyclic) bond motifs is 1. The summed E-state index contributed by atoms with van der Waals surface area (Å²) in [6.07, 6.45) is 7.42. The highest BCUT2D eigenvalue weighted by atomic mass is 35.5. The fourth-order valence-electron chi connectivity index (χ4n) is 3.82. The van der Waals surface area contributed by atoms with Crippen molar-refractivity contribution in [2.24, 2.45) is 0 Å². The Morgan fingerprint density at radius 1 is 1.00 bits per heavy atom. The van der Waals surface area contributed by atoms with Crippen molar-refractivity contribution in [1.82, 2.24) is 9.97 Å². The average molecular weight is 459 g/mol. The lowest BCUT2D eigenvalue weighted by molar-refractivity contribution is 0.587. The van der Waals surface area contributed by atoms with Gasteiger partial charge in [0, 0.05) is 11.0 Å². The molecule has 2 N–H and O–H groups in total. The van der Waals surface area contributed by atoms with Crippen LogP contribution in [-0.2, 0) is 17.4 Å². The lowest BCUT2D eigenvalue weighted by Crippen LogP contribution is -2.12. The maximum atomic E-state index is 13.7. The van der Waals surface area contributed by atoms with Crippen molar-refractivity contribution in [2.45, 2.75) is 32.1 Å². The van der Waals surface area contributed by atoms with Crippen molar-refractivity contribution < 1.29 is 8.96 Å². The molecule has 0 unspecified atom stereocenters. The first kappa shape index (κ1) is 21.8. The molecule has 1 aliphatic rings. The van der Waals surface area contributed by atoms with Crippen LogP contribution in [0.1, 0.15) is 30.4 Å². The summed E-state index contributed by atoms with van der Waals surface area (Å²) in [7, 11) is -2.72. The van der Waals surface area contributed by atoms with Gasteiger partial charge in [-0.2, -0.15) is 4.98 Å². The van der Waals surface area contributed by atoms with E-state index in [-0.39, 0.29) is 0 Å². The van der Waals surface area contributed by atoms with Crippen LogP contribution >= 0.6 is 18.7 Å². The Hall–Kier alpha value is -2.43. The number of benzene rings is 2. The predicted octanol–water partition coefficient (Wildman–Crippen LogP) is 6.27. The zero-order chi connectivity index (χ0) is 22.0. The molecule has 5 nitrogen and oxygen atoms in total. The van der Waals surface area contributed by atoms with Crippen LogP contribution in [0.3, 0.4) is 0 Å². The molecule has 8 heteroatoms. The minimum atomic E-state index is -2.72. The van der Waals surface area contributed by atoms with Gasteiger partial charge in [-0.1, -0.05) is 24.1 Å². The van der Waals surface area contributed by atoms with Gasteiger partial charge in [0.15, 0.2) is 5.82 Å². The second-order valence-electron chi connectivity index (χ2n) is 8.20. The molecule has 1 aliphatic carbocycles. The highest BCUT2D eigenvalue weighted by molar-refractivity contribution is 7.70. The molecule has 4 rings (SSSR count). The van der Waals surface area contributed by atoms with Crippen molar-refractivity contribution in [3.05, 3.63) is 64.6 Å². The van der Waals surface area contributed by atoms with E-state index in [4.69, 9.17) is 11.6 Å². The second kappa shape index (κ2) is 8.97.